The van der Waals surface area contributed by atoms with E-state index in [-0.39, 0.29) is 36.5 Å². The van der Waals surface area contributed by atoms with Crippen LogP contribution < -0.4 is 10.6 Å². The molecule has 2 heterocycles. The molecular formula is C20H35N3O5. The lowest BCUT2D eigenvalue weighted by molar-refractivity contribution is -0.131. The molecule has 2 aliphatic heterocycles. The van der Waals surface area contributed by atoms with E-state index in [4.69, 9.17) is 9.47 Å². The molecule has 160 valence electrons. The third kappa shape index (κ3) is 6.40. The first kappa shape index (κ1) is 21.5. The third-order valence-electron chi connectivity index (χ3n) is 6.10. The highest BCUT2D eigenvalue weighted by atomic mass is 16.5. The largest absolute Gasteiger partial charge is 0.394 e. The first-order chi connectivity index (χ1) is 13.7. The molecule has 2 saturated heterocycles. The van der Waals surface area contributed by atoms with Crippen molar-refractivity contribution < 1.29 is 24.2 Å². The second-order valence-electron chi connectivity index (χ2n) is 8.18. The predicted molar refractivity (Wildman–Crippen MR) is 104 cm³/mol. The quantitative estimate of drug-likeness (QED) is 0.535. The van der Waals surface area contributed by atoms with Gasteiger partial charge in [-0.3, -0.25) is 14.5 Å². The molecule has 3 aliphatic rings. The summed E-state index contributed by atoms with van der Waals surface area (Å²) < 4.78 is 11.3. The van der Waals surface area contributed by atoms with E-state index in [0.717, 1.165) is 58.0 Å². The minimum atomic E-state index is -0.391. The summed E-state index contributed by atoms with van der Waals surface area (Å²) >= 11 is 0. The van der Waals surface area contributed by atoms with Crippen LogP contribution in [0.15, 0.2) is 0 Å². The minimum absolute atomic E-state index is 0.00780. The zero-order valence-electron chi connectivity index (χ0n) is 16.7. The van der Waals surface area contributed by atoms with Crippen molar-refractivity contribution in [1.29, 1.82) is 0 Å². The molecule has 3 atom stereocenters. The first-order valence-corrected chi connectivity index (χ1v) is 10.8. The fourth-order valence-electron chi connectivity index (χ4n) is 4.41. The molecule has 0 spiro atoms. The van der Waals surface area contributed by atoms with Crippen LogP contribution >= 0.6 is 0 Å². The minimum Gasteiger partial charge on any atom is -0.394 e. The summed E-state index contributed by atoms with van der Waals surface area (Å²) in [6.07, 6.45) is 6.27. The fourth-order valence-corrected chi connectivity index (χ4v) is 4.41. The topological polar surface area (TPSA) is 100 Å². The van der Waals surface area contributed by atoms with Crippen molar-refractivity contribution in [2.24, 2.45) is 5.92 Å². The lowest BCUT2D eigenvalue weighted by Gasteiger charge is -2.36. The van der Waals surface area contributed by atoms with E-state index in [0.29, 0.717) is 26.3 Å². The van der Waals surface area contributed by atoms with Gasteiger partial charge in [-0.05, 0) is 32.1 Å². The van der Waals surface area contributed by atoms with E-state index in [9.17, 15) is 14.7 Å². The van der Waals surface area contributed by atoms with Crippen LogP contribution in [0.3, 0.4) is 0 Å². The molecular weight excluding hydrogens is 362 g/mol. The number of rotatable bonds is 8. The van der Waals surface area contributed by atoms with Crippen molar-refractivity contribution >= 4 is 11.8 Å². The molecule has 0 aromatic heterocycles. The Morgan fingerprint density at radius 1 is 1.07 bits per heavy atom. The second kappa shape index (κ2) is 11.1. The summed E-state index contributed by atoms with van der Waals surface area (Å²) in [7, 11) is 0. The van der Waals surface area contributed by atoms with E-state index in [2.05, 4.69) is 15.5 Å². The number of carbonyl (C=O) groups excluding carboxylic acids is 2. The maximum atomic E-state index is 12.3. The summed E-state index contributed by atoms with van der Waals surface area (Å²) in [5.74, 6) is 0.319. The van der Waals surface area contributed by atoms with Gasteiger partial charge in [0, 0.05) is 25.6 Å². The van der Waals surface area contributed by atoms with E-state index in [1.807, 2.05) is 0 Å². The van der Waals surface area contributed by atoms with Gasteiger partial charge in [-0.1, -0.05) is 12.8 Å². The van der Waals surface area contributed by atoms with Gasteiger partial charge in [0.1, 0.15) is 6.10 Å². The van der Waals surface area contributed by atoms with Crippen molar-refractivity contribution in [3.8, 4) is 0 Å². The van der Waals surface area contributed by atoms with Gasteiger partial charge >= 0.3 is 0 Å². The zero-order chi connectivity index (χ0) is 19.8. The summed E-state index contributed by atoms with van der Waals surface area (Å²) in [5.41, 5.74) is 0. The van der Waals surface area contributed by atoms with Crippen molar-refractivity contribution in [3.63, 3.8) is 0 Å². The van der Waals surface area contributed by atoms with E-state index < -0.39 is 6.10 Å². The van der Waals surface area contributed by atoms with Crippen molar-refractivity contribution in [2.75, 3.05) is 46.0 Å². The van der Waals surface area contributed by atoms with Gasteiger partial charge in [0.15, 0.2) is 0 Å². The summed E-state index contributed by atoms with van der Waals surface area (Å²) in [6.45, 7) is 3.71. The number of aliphatic hydroxyl groups excluding tert-OH is 1. The molecule has 8 heteroatoms. The Morgan fingerprint density at radius 2 is 1.82 bits per heavy atom. The molecule has 0 aromatic carbocycles. The average molecular weight is 398 g/mol. The molecule has 3 fully saturated rings. The molecule has 2 amide bonds. The second-order valence-corrected chi connectivity index (χ2v) is 8.18. The van der Waals surface area contributed by atoms with Crippen LogP contribution in [0.4, 0.5) is 0 Å². The molecule has 28 heavy (non-hydrogen) atoms. The standard InChI is InChI=1S/C20H35N3O5/c24-14-18-17(22-19(25)13-23-9-11-27-12-10-23)6-5-16(28-18)7-8-21-20(26)15-3-1-2-4-15/h15-18,24H,1-14H2,(H,21,26)(H,22,25)/t16-,17+,18-/m1/s1. The van der Waals surface area contributed by atoms with Crippen molar-refractivity contribution in [3.05, 3.63) is 0 Å². The maximum Gasteiger partial charge on any atom is 0.234 e. The van der Waals surface area contributed by atoms with E-state index in [1.54, 1.807) is 0 Å². The van der Waals surface area contributed by atoms with Crippen LogP contribution in [0.1, 0.15) is 44.9 Å². The molecule has 3 N–H and O–H groups in total. The van der Waals surface area contributed by atoms with Gasteiger partial charge in [-0.25, -0.2) is 0 Å². The number of hydrogen-bond acceptors (Lipinski definition) is 6. The molecule has 1 aliphatic carbocycles. The van der Waals surface area contributed by atoms with Crippen LogP contribution in [0, 0.1) is 5.92 Å². The number of nitrogens with one attached hydrogen (secondary N) is 2. The SMILES string of the molecule is O=C(CN1CCOCC1)N[C@H]1CC[C@H](CCNC(=O)C2CCCC2)O[C@@H]1CO. The molecule has 3 rings (SSSR count). The fraction of sp³-hybridized carbons (Fsp3) is 0.900. The average Bonchev–Trinajstić information content (AvgIpc) is 3.24. The Labute approximate surface area is 167 Å². The Kier molecular flexibility index (Phi) is 8.51. The Bertz CT molecular complexity index is 506. The summed E-state index contributed by atoms with van der Waals surface area (Å²) in [5, 5.41) is 15.7. The van der Waals surface area contributed by atoms with Gasteiger partial charge in [0.05, 0.1) is 38.5 Å². The zero-order valence-corrected chi connectivity index (χ0v) is 16.7. The van der Waals surface area contributed by atoms with Crippen molar-refractivity contribution in [2.45, 2.75) is 63.2 Å². The number of hydrogen-bond donors (Lipinski definition) is 3. The van der Waals surface area contributed by atoms with Crippen LogP contribution in [-0.2, 0) is 19.1 Å². The number of aliphatic hydroxyl groups is 1. The third-order valence-corrected chi connectivity index (χ3v) is 6.10. The van der Waals surface area contributed by atoms with Gasteiger partial charge < -0.3 is 25.2 Å². The molecule has 1 saturated carbocycles. The molecule has 0 bridgehead atoms. The summed E-state index contributed by atoms with van der Waals surface area (Å²) in [6, 6.07) is -0.164. The van der Waals surface area contributed by atoms with Gasteiger partial charge in [-0.2, -0.15) is 0 Å². The normalized spacial score (nSPS) is 29.5. The number of carbonyl (C=O) groups is 2. The molecule has 0 unspecified atom stereocenters. The van der Waals surface area contributed by atoms with Gasteiger partial charge in [0.25, 0.3) is 0 Å². The van der Waals surface area contributed by atoms with Gasteiger partial charge in [0.2, 0.25) is 11.8 Å². The number of nitrogens with zero attached hydrogens (tertiary/aromatic N) is 1. The monoisotopic (exact) mass is 397 g/mol. The van der Waals surface area contributed by atoms with Crippen LogP contribution in [0.25, 0.3) is 0 Å². The smallest absolute Gasteiger partial charge is 0.234 e. The highest BCUT2D eigenvalue weighted by molar-refractivity contribution is 5.79. The van der Waals surface area contributed by atoms with Gasteiger partial charge in [-0.15, -0.1) is 0 Å². The van der Waals surface area contributed by atoms with Crippen LogP contribution in [-0.4, -0.2) is 86.1 Å². The maximum absolute atomic E-state index is 12.3. The van der Waals surface area contributed by atoms with E-state index in [1.165, 1.54) is 0 Å². The predicted octanol–water partition coefficient (Wildman–Crippen LogP) is 0.0398. The summed E-state index contributed by atoms with van der Waals surface area (Å²) in [4.78, 5) is 26.5. The van der Waals surface area contributed by atoms with Crippen LogP contribution in [0.5, 0.6) is 0 Å². The first-order valence-electron chi connectivity index (χ1n) is 10.8. The number of ether oxygens (including phenoxy) is 2. The Morgan fingerprint density at radius 3 is 2.54 bits per heavy atom. The van der Waals surface area contributed by atoms with Crippen molar-refractivity contribution in [1.82, 2.24) is 15.5 Å². The van der Waals surface area contributed by atoms with Crippen LogP contribution in [0.2, 0.25) is 0 Å². The lowest BCUT2D eigenvalue weighted by atomic mass is 9.97. The highest BCUT2D eigenvalue weighted by Gasteiger charge is 2.32. The lowest BCUT2D eigenvalue weighted by Crippen LogP contribution is -2.53. The van der Waals surface area contributed by atoms with E-state index >= 15 is 0 Å². The Hall–Kier alpha value is -1.22. The molecule has 0 radical (unpaired) electrons. The Balaban J connectivity index is 1.35. The molecule has 8 nitrogen and oxygen atoms in total. The number of morpholine rings is 1. The number of amides is 2. The highest BCUT2D eigenvalue weighted by Crippen LogP contribution is 2.25. The molecule has 0 aromatic rings.